The quantitative estimate of drug-likeness (QED) is 0.611. The molecule has 0 rings (SSSR count). The summed E-state index contributed by atoms with van der Waals surface area (Å²) in [6, 6.07) is 0. The lowest BCUT2D eigenvalue weighted by Gasteiger charge is -2.15. The molecule has 0 bridgehead atoms. The molecular weight excluding hydrogens is 208 g/mol. The minimum Gasteiger partial charge on any atom is -0.481 e. The average Bonchev–Trinajstić information content (AvgIpc) is 2.23. The van der Waals surface area contributed by atoms with Crippen LogP contribution in [-0.4, -0.2) is 48.6 Å². The number of amides is 1. The molecule has 0 aliphatic carbocycles. The van der Waals surface area contributed by atoms with Crippen LogP contribution in [0.5, 0.6) is 0 Å². The van der Waals surface area contributed by atoms with Gasteiger partial charge in [-0.2, -0.15) is 0 Å². The van der Waals surface area contributed by atoms with Crippen LogP contribution in [0.1, 0.15) is 32.6 Å². The molecule has 5 nitrogen and oxygen atoms in total. The number of aliphatic carboxylic acids is 1. The number of nitrogens with zero attached hydrogens (tertiary/aromatic N) is 1. The summed E-state index contributed by atoms with van der Waals surface area (Å²) < 4.78 is 0. The second-order valence-electron chi connectivity index (χ2n) is 3.90. The van der Waals surface area contributed by atoms with Crippen molar-refractivity contribution in [1.29, 1.82) is 0 Å². The van der Waals surface area contributed by atoms with Gasteiger partial charge in [-0.1, -0.05) is 13.3 Å². The van der Waals surface area contributed by atoms with Crippen LogP contribution >= 0.6 is 0 Å². The zero-order valence-electron chi connectivity index (χ0n) is 10.2. The van der Waals surface area contributed by atoms with E-state index in [4.69, 9.17) is 5.11 Å². The van der Waals surface area contributed by atoms with Gasteiger partial charge < -0.3 is 15.3 Å². The zero-order chi connectivity index (χ0) is 12.4. The summed E-state index contributed by atoms with van der Waals surface area (Å²) in [5.41, 5.74) is 0. The minimum atomic E-state index is -0.889. The van der Waals surface area contributed by atoms with Crippen LogP contribution in [0.15, 0.2) is 0 Å². The molecule has 0 saturated heterocycles. The van der Waals surface area contributed by atoms with E-state index in [0.717, 1.165) is 25.9 Å². The van der Waals surface area contributed by atoms with E-state index in [9.17, 15) is 9.59 Å². The molecule has 0 aromatic carbocycles. The number of carbonyl (C=O) groups is 2. The van der Waals surface area contributed by atoms with Crippen LogP contribution in [0.2, 0.25) is 0 Å². The molecule has 0 aromatic rings. The van der Waals surface area contributed by atoms with Crippen LogP contribution in [-0.2, 0) is 9.59 Å². The molecule has 0 saturated carbocycles. The third-order valence-corrected chi connectivity index (χ3v) is 2.28. The largest absolute Gasteiger partial charge is 0.481 e. The van der Waals surface area contributed by atoms with Crippen molar-refractivity contribution in [1.82, 2.24) is 10.2 Å². The maximum atomic E-state index is 11.3. The Labute approximate surface area is 96.8 Å². The van der Waals surface area contributed by atoms with E-state index in [-0.39, 0.29) is 18.9 Å². The lowest BCUT2D eigenvalue weighted by molar-refractivity contribution is -0.136. The molecule has 0 unspecified atom stereocenters. The molecule has 1 amide bonds. The highest BCUT2D eigenvalue weighted by Crippen LogP contribution is 1.93. The van der Waals surface area contributed by atoms with Gasteiger partial charge in [-0.3, -0.25) is 9.59 Å². The average molecular weight is 230 g/mol. The van der Waals surface area contributed by atoms with E-state index in [2.05, 4.69) is 17.1 Å². The molecular formula is C11H22N2O3. The molecule has 0 atom stereocenters. The third kappa shape index (κ3) is 9.45. The Morgan fingerprint density at radius 1 is 1.25 bits per heavy atom. The highest BCUT2D eigenvalue weighted by Gasteiger charge is 2.04. The first kappa shape index (κ1) is 14.9. The van der Waals surface area contributed by atoms with Gasteiger partial charge in [-0.15, -0.1) is 0 Å². The van der Waals surface area contributed by atoms with Gasteiger partial charge in [0.05, 0.1) is 6.42 Å². The first-order chi connectivity index (χ1) is 7.56. The van der Waals surface area contributed by atoms with E-state index < -0.39 is 5.97 Å². The third-order valence-electron chi connectivity index (χ3n) is 2.28. The molecule has 0 spiro atoms. The predicted molar refractivity (Wildman–Crippen MR) is 62.3 cm³/mol. The Morgan fingerprint density at radius 2 is 1.94 bits per heavy atom. The molecule has 0 fully saturated rings. The summed E-state index contributed by atoms with van der Waals surface area (Å²) in [6.45, 7) is 4.07. The van der Waals surface area contributed by atoms with E-state index in [1.54, 1.807) is 0 Å². The molecule has 0 aromatic heterocycles. The molecule has 0 heterocycles. The van der Waals surface area contributed by atoms with Crippen LogP contribution in [0, 0.1) is 0 Å². The maximum absolute atomic E-state index is 11.3. The summed E-state index contributed by atoms with van der Waals surface area (Å²) in [5, 5.41) is 11.0. The number of hydrogen-bond donors (Lipinski definition) is 2. The smallest absolute Gasteiger partial charge is 0.305 e. The number of nitrogens with one attached hydrogen (secondary N) is 1. The van der Waals surface area contributed by atoms with Crippen molar-refractivity contribution in [3.05, 3.63) is 0 Å². The van der Waals surface area contributed by atoms with Crippen LogP contribution in [0.4, 0.5) is 0 Å². The second-order valence-corrected chi connectivity index (χ2v) is 3.90. The van der Waals surface area contributed by atoms with Gasteiger partial charge in [0.15, 0.2) is 0 Å². The Kier molecular flexibility index (Phi) is 8.52. The fourth-order valence-corrected chi connectivity index (χ4v) is 1.23. The van der Waals surface area contributed by atoms with E-state index >= 15 is 0 Å². The van der Waals surface area contributed by atoms with Gasteiger partial charge in [-0.25, -0.2) is 0 Å². The molecule has 5 heteroatoms. The van der Waals surface area contributed by atoms with E-state index in [1.807, 2.05) is 7.05 Å². The van der Waals surface area contributed by atoms with Crippen molar-refractivity contribution in [2.45, 2.75) is 32.6 Å². The number of hydrogen-bond acceptors (Lipinski definition) is 3. The van der Waals surface area contributed by atoms with E-state index in [1.165, 1.54) is 0 Å². The Hall–Kier alpha value is -1.10. The van der Waals surface area contributed by atoms with Crippen molar-refractivity contribution in [3.8, 4) is 0 Å². The summed E-state index contributed by atoms with van der Waals surface area (Å²) in [5.74, 6) is -0.968. The van der Waals surface area contributed by atoms with Crippen LogP contribution in [0.25, 0.3) is 0 Å². The van der Waals surface area contributed by atoms with Gasteiger partial charge in [0.1, 0.15) is 0 Å². The van der Waals surface area contributed by atoms with Gasteiger partial charge >= 0.3 is 5.97 Å². The normalized spacial score (nSPS) is 10.4. The van der Waals surface area contributed by atoms with Crippen molar-refractivity contribution in [2.75, 3.05) is 26.7 Å². The summed E-state index contributed by atoms with van der Waals surface area (Å²) in [6.07, 6.45) is 2.70. The van der Waals surface area contributed by atoms with Gasteiger partial charge in [0.2, 0.25) is 5.91 Å². The fourth-order valence-electron chi connectivity index (χ4n) is 1.23. The topological polar surface area (TPSA) is 69.6 Å². The first-order valence-electron chi connectivity index (χ1n) is 5.73. The number of carbonyl (C=O) groups excluding carboxylic acids is 1. The molecule has 0 aliphatic heterocycles. The SMILES string of the molecule is CCCCN(C)CCC(=O)NCCC(=O)O. The zero-order valence-corrected chi connectivity index (χ0v) is 10.2. The lowest BCUT2D eigenvalue weighted by Crippen LogP contribution is -2.30. The predicted octanol–water partition coefficient (Wildman–Crippen LogP) is 0.699. The van der Waals surface area contributed by atoms with Crippen molar-refractivity contribution in [3.63, 3.8) is 0 Å². The van der Waals surface area contributed by atoms with Crippen molar-refractivity contribution >= 4 is 11.9 Å². The van der Waals surface area contributed by atoms with E-state index in [0.29, 0.717) is 6.42 Å². The summed E-state index contributed by atoms with van der Waals surface area (Å²) in [4.78, 5) is 23.6. The molecule has 0 radical (unpaired) electrons. The highest BCUT2D eigenvalue weighted by molar-refractivity contribution is 5.76. The minimum absolute atomic E-state index is 0.0165. The standard InChI is InChI=1S/C11H22N2O3/c1-3-4-8-13(2)9-6-10(14)12-7-5-11(15)16/h3-9H2,1-2H3,(H,12,14)(H,15,16). The van der Waals surface area contributed by atoms with Crippen molar-refractivity contribution < 1.29 is 14.7 Å². The van der Waals surface area contributed by atoms with Gasteiger partial charge in [0, 0.05) is 19.5 Å². The maximum Gasteiger partial charge on any atom is 0.305 e. The fraction of sp³-hybridized carbons (Fsp3) is 0.818. The molecule has 94 valence electrons. The number of carboxylic acid groups (broad SMARTS) is 1. The lowest BCUT2D eigenvalue weighted by atomic mass is 10.3. The van der Waals surface area contributed by atoms with Gasteiger partial charge in [0.25, 0.3) is 0 Å². The molecule has 2 N–H and O–H groups in total. The Morgan fingerprint density at radius 3 is 2.50 bits per heavy atom. The number of carboxylic acids is 1. The molecule has 16 heavy (non-hydrogen) atoms. The van der Waals surface area contributed by atoms with Crippen LogP contribution in [0.3, 0.4) is 0 Å². The Balaban J connectivity index is 3.45. The monoisotopic (exact) mass is 230 g/mol. The Bertz CT molecular complexity index is 219. The summed E-state index contributed by atoms with van der Waals surface area (Å²) >= 11 is 0. The number of rotatable bonds is 9. The highest BCUT2D eigenvalue weighted by atomic mass is 16.4. The van der Waals surface area contributed by atoms with Gasteiger partial charge in [-0.05, 0) is 20.0 Å². The van der Waals surface area contributed by atoms with Crippen molar-refractivity contribution in [2.24, 2.45) is 0 Å². The molecule has 0 aliphatic rings. The first-order valence-corrected chi connectivity index (χ1v) is 5.73. The number of unbranched alkanes of at least 4 members (excludes halogenated alkanes) is 1. The second kappa shape index (κ2) is 9.15. The van der Waals surface area contributed by atoms with Crippen LogP contribution < -0.4 is 5.32 Å². The summed E-state index contributed by atoms with van der Waals surface area (Å²) in [7, 11) is 1.99.